The van der Waals surface area contributed by atoms with Gasteiger partial charge in [-0.2, -0.15) is 0 Å². The Morgan fingerprint density at radius 1 is 1.36 bits per heavy atom. The van der Waals surface area contributed by atoms with Gasteiger partial charge in [-0.05, 0) is 24.6 Å². The normalized spacial score (nSPS) is 11.4. The predicted octanol–water partition coefficient (Wildman–Crippen LogP) is 2.36. The van der Waals surface area contributed by atoms with E-state index >= 15 is 0 Å². The molecule has 0 unspecified atom stereocenters. The smallest absolute Gasteiger partial charge is 0.119 e. The van der Waals surface area contributed by atoms with Crippen LogP contribution < -0.4 is 10.5 Å². The maximum Gasteiger partial charge on any atom is 0.119 e. The number of hydrogen-bond donors (Lipinski definition) is 1. The van der Waals surface area contributed by atoms with Crippen molar-refractivity contribution in [3.05, 3.63) is 29.8 Å². The summed E-state index contributed by atoms with van der Waals surface area (Å²) in [5.74, 6) is 0.923. The Morgan fingerprint density at radius 2 is 2.07 bits per heavy atom. The number of ether oxygens (including phenoxy) is 1. The molecule has 78 valence electrons. The molecule has 0 fully saturated rings. The van der Waals surface area contributed by atoms with Crippen LogP contribution in [0, 0.1) is 12.3 Å². The van der Waals surface area contributed by atoms with Gasteiger partial charge in [-0.3, -0.25) is 0 Å². The van der Waals surface area contributed by atoms with Crippen molar-refractivity contribution < 1.29 is 4.74 Å². The van der Waals surface area contributed by atoms with E-state index < -0.39 is 0 Å². The summed E-state index contributed by atoms with van der Waals surface area (Å²) in [6, 6.07) is 8.06. The van der Waals surface area contributed by atoms with E-state index in [9.17, 15) is 0 Å². The van der Waals surface area contributed by atoms with E-state index in [1.165, 1.54) is 5.56 Å². The summed E-state index contributed by atoms with van der Waals surface area (Å²) in [6.45, 7) is 7.55. The molecule has 0 bridgehead atoms. The molecule has 0 spiro atoms. The number of hydrogen-bond acceptors (Lipinski definition) is 2. The molecule has 1 rings (SSSR count). The van der Waals surface area contributed by atoms with Crippen LogP contribution in [0.5, 0.6) is 5.75 Å². The van der Waals surface area contributed by atoms with E-state index in [-0.39, 0.29) is 5.41 Å². The SMILES string of the molecule is Cc1cccc(OCC(C)(C)CN)c1. The van der Waals surface area contributed by atoms with Gasteiger partial charge in [0.1, 0.15) is 5.75 Å². The molecule has 2 heteroatoms. The van der Waals surface area contributed by atoms with Crippen molar-refractivity contribution in [1.29, 1.82) is 0 Å². The third-order valence-corrected chi connectivity index (χ3v) is 2.17. The first-order chi connectivity index (χ1) is 6.53. The van der Waals surface area contributed by atoms with Crippen LogP contribution in [0.2, 0.25) is 0 Å². The summed E-state index contributed by atoms with van der Waals surface area (Å²) in [7, 11) is 0. The molecule has 2 nitrogen and oxygen atoms in total. The number of rotatable bonds is 4. The van der Waals surface area contributed by atoms with Gasteiger partial charge in [0.25, 0.3) is 0 Å². The zero-order valence-corrected chi connectivity index (χ0v) is 9.21. The minimum atomic E-state index is 0.0454. The van der Waals surface area contributed by atoms with Crippen molar-refractivity contribution in [2.24, 2.45) is 11.1 Å². The minimum absolute atomic E-state index is 0.0454. The van der Waals surface area contributed by atoms with E-state index in [1.54, 1.807) is 0 Å². The van der Waals surface area contributed by atoms with E-state index in [2.05, 4.69) is 26.8 Å². The van der Waals surface area contributed by atoms with E-state index in [0.717, 1.165) is 5.75 Å². The van der Waals surface area contributed by atoms with Crippen molar-refractivity contribution >= 4 is 0 Å². The lowest BCUT2D eigenvalue weighted by Crippen LogP contribution is -2.30. The van der Waals surface area contributed by atoms with Crippen LogP contribution in [0.3, 0.4) is 0 Å². The van der Waals surface area contributed by atoms with Crippen LogP contribution in [0.25, 0.3) is 0 Å². The molecule has 0 radical (unpaired) electrons. The standard InChI is InChI=1S/C12H19NO/c1-10-5-4-6-11(7-10)14-9-12(2,3)8-13/h4-7H,8-9,13H2,1-3H3. The van der Waals surface area contributed by atoms with Crippen LogP contribution >= 0.6 is 0 Å². The van der Waals surface area contributed by atoms with Gasteiger partial charge in [0.2, 0.25) is 0 Å². The fourth-order valence-corrected chi connectivity index (χ4v) is 1.04. The second-order valence-corrected chi connectivity index (χ2v) is 4.47. The van der Waals surface area contributed by atoms with Gasteiger partial charge in [-0.25, -0.2) is 0 Å². The van der Waals surface area contributed by atoms with Gasteiger partial charge in [-0.15, -0.1) is 0 Å². The van der Waals surface area contributed by atoms with Crippen LogP contribution in [0.15, 0.2) is 24.3 Å². The van der Waals surface area contributed by atoms with E-state index in [1.807, 2.05) is 18.2 Å². The van der Waals surface area contributed by atoms with Crippen molar-refractivity contribution in [3.8, 4) is 5.75 Å². The quantitative estimate of drug-likeness (QED) is 0.796. The molecule has 1 aromatic carbocycles. The Bertz CT molecular complexity index is 294. The van der Waals surface area contributed by atoms with Crippen molar-refractivity contribution in [3.63, 3.8) is 0 Å². The summed E-state index contributed by atoms with van der Waals surface area (Å²) in [5.41, 5.74) is 6.88. The molecule has 0 saturated heterocycles. The molecule has 0 amide bonds. The second kappa shape index (κ2) is 4.47. The highest BCUT2D eigenvalue weighted by Gasteiger charge is 2.16. The molecule has 14 heavy (non-hydrogen) atoms. The Kier molecular flexibility index (Phi) is 3.53. The molecule has 0 aromatic heterocycles. The van der Waals surface area contributed by atoms with Gasteiger partial charge in [0.05, 0.1) is 6.61 Å². The molecule has 0 aliphatic carbocycles. The van der Waals surface area contributed by atoms with Crippen molar-refractivity contribution in [1.82, 2.24) is 0 Å². The molecule has 2 N–H and O–H groups in total. The molecule has 0 heterocycles. The Hall–Kier alpha value is -1.02. The molecular weight excluding hydrogens is 174 g/mol. The lowest BCUT2D eigenvalue weighted by atomic mass is 9.95. The number of nitrogens with two attached hydrogens (primary N) is 1. The Labute approximate surface area is 86.1 Å². The fraction of sp³-hybridized carbons (Fsp3) is 0.500. The summed E-state index contributed by atoms with van der Waals surface area (Å²) < 4.78 is 5.66. The summed E-state index contributed by atoms with van der Waals surface area (Å²) in [4.78, 5) is 0. The van der Waals surface area contributed by atoms with Crippen molar-refractivity contribution in [2.45, 2.75) is 20.8 Å². The van der Waals surface area contributed by atoms with Crippen LogP contribution in [0.1, 0.15) is 19.4 Å². The molecule has 0 aliphatic heterocycles. The monoisotopic (exact) mass is 193 g/mol. The highest BCUT2D eigenvalue weighted by Crippen LogP contribution is 2.18. The lowest BCUT2D eigenvalue weighted by Gasteiger charge is -2.22. The molecule has 0 aliphatic rings. The number of aryl methyl sites for hydroxylation is 1. The van der Waals surface area contributed by atoms with Crippen LogP contribution in [-0.2, 0) is 0 Å². The first-order valence-corrected chi connectivity index (χ1v) is 4.93. The highest BCUT2D eigenvalue weighted by atomic mass is 16.5. The third-order valence-electron chi connectivity index (χ3n) is 2.17. The van der Waals surface area contributed by atoms with Gasteiger partial charge in [-0.1, -0.05) is 26.0 Å². The molecule has 1 aromatic rings. The van der Waals surface area contributed by atoms with Crippen molar-refractivity contribution in [2.75, 3.05) is 13.2 Å². The molecule has 0 atom stereocenters. The Balaban J connectivity index is 2.54. The minimum Gasteiger partial charge on any atom is -0.493 e. The fourth-order valence-electron chi connectivity index (χ4n) is 1.04. The van der Waals surface area contributed by atoms with Gasteiger partial charge in [0.15, 0.2) is 0 Å². The third kappa shape index (κ3) is 3.38. The van der Waals surface area contributed by atoms with E-state index in [0.29, 0.717) is 13.2 Å². The molecule has 0 saturated carbocycles. The first kappa shape index (κ1) is 11.1. The largest absolute Gasteiger partial charge is 0.493 e. The maximum absolute atomic E-state index is 5.66. The summed E-state index contributed by atoms with van der Waals surface area (Å²) in [6.07, 6.45) is 0. The van der Waals surface area contributed by atoms with Crippen LogP contribution in [0.4, 0.5) is 0 Å². The zero-order valence-electron chi connectivity index (χ0n) is 9.21. The highest BCUT2D eigenvalue weighted by molar-refractivity contribution is 5.27. The van der Waals surface area contributed by atoms with Gasteiger partial charge in [0, 0.05) is 12.0 Å². The van der Waals surface area contributed by atoms with Gasteiger partial charge < -0.3 is 10.5 Å². The predicted molar refractivity (Wildman–Crippen MR) is 59.5 cm³/mol. The van der Waals surface area contributed by atoms with E-state index in [4.69, 9.17) is 10.5 Å². The maximum atomic E-state index is 5.66. The van der Waals surface area contributed by atoms with Gasteiger partial charge >= 0.3 is 0 Å². The molecular formula is C12H19NO. The van der Waals surface area contributed by atoms with Crippen LogP contribution in [-0.4, -0.2) is 13.2 Å². The summed E-state index contributed by atoms with van der Waals surface area (Å²) >= 11 is 0. The lowest BCUT2D eigenvalue weighted by molar-refractivity contribution is 0.187. The average Bonchev–Trinajstić information content (AvgIpc) is 2.15. The second-order valence-electron chi connectivity index (χ2n) is 4.47. The average molecular weight is 193 g/mol. The topological polar surface area (TPSA) is 35.2 Å². The number of benzene rings is 1. The zero-order chi connectivity index (χ0) is 10.6. The summed E-state index contributed by atoms with van der Waals surface area (Å²) in [5, 5.41) is 0. The Morgan fingerprint density at radius 3 is 2.64 bits per heavy atom. The first-order valence-electron chi connectivity index (χ1n) is 4.93.